The average molecular weight is 602 g/mol. The van der Waals surface area contributed by atoms with Gasteiger partial charge in [0.1, 0.15) is 55.6 Å². The molecule has 3 aliphatic rings. The minimum absolute atomic E-state index is 0. The van der Waals surface area contributed by atoms with Crippen LogP contribution < -0.4 is 10.1 Å². The summed E-state index contributed by atoms with van der Waals surface area (Å²) in [5, 5.41) is 73.6. The molecule has 14 heteroatoms. The molecule has 4 rings (SSSR count). The zero-order chi connectivity index (χ0) is 26.3. The third-order valence-electron chi connectivity index (χ3n) is 6.60. The summed E-state index contributed by atoms with van der Waals surface area (Å²) in [6.07, 6.45) is -10.8. The maximum atomic E-state index is 12.7. The topological polar surface area (TPSA) is 208 Å². The van der Waals surface area contributed by atoms with Gasteiger partial charge in [-0.15, -0.1) is 0 Å². The van der Waals surface area contributed by atoms with Crippen molar-refractivity contribution in [2.75, 3.05) is 6.79 Å². The van der Waals surface area contributed by atoms with Gasteiger partial charge in [0.15, 0.2) is 11.5 Å². The van der Waals surface area contributed by atoms with Crippen LogP contribution in [0.25, 0.3) is 6.08 Å². The van der Waals surface area contributed by atoms with E-state index < -0.39 is 73.2 Å². The predicted molar refractivity (Wildman–Crippen MR) is 119 cm³/mol. The summed E-state index contributed by atoms with van der Waals surface area (Å²) in [7, 11) is 0. The molecule has 13 nitrogen and oxygen atoms in total. The van der Waals surface area contributed by atoms with Gasteiger partial charge in [0.25, 0.3) is 0 Å². The van der Waals surface area contributed by atoms with Gasteiger partial charge in [-0.2, -0.15) is 0 Å². The number of carbonyl (C=O) groups is 1. The van der Waals surface area contributed by atoms with E-state index in [1.54, 1.807) is 0 Å². The number of nitrogens with one attached hydrogen (secondary N) is 1. The molecule has 2 heterocycles. The van der Waals surface area contributed by atoms with Gasteiger partial charge in [-0.3, -0.25) is 4.79 Å². The number of hydrogen-bond acceptors (Lipinski definition) is 12. The Morgan fingerprint density at radius 2 is 1.70 bits per heavy atom. The quantitative estimate of drug-likeness (QED) is 0.157. The van der Waals surface area contributed by atoms with Crippen molar-refractivity contribution in [3.8, 4) is 11.5 Å². The summed E-state index contributed by atoms with van der Waals surface area (Å²) in [6.45, 7) is 2.73. The molecule has 203 valence electrons. The van der Waals surface area contributed by atoms with Crippen molar-refractivity contribution in [3.63, 3.8) is 0 Å². The normalized spacial score (nSPS) is 38.4. The molecule has 2 aliphatic heterocycles. The Labute approximate surface area is 237 Å². The Hall–Kier alpha value is -1.23. The van der Waals surface area contributed by atoms with Crippen LogP contribution >= 0.6 is 0 Å². The number of aromatic hydroxyl groups is 1. The molecule has 11 unspecified atom stereocenters. The first-order chi connectivity index (χ1) is 17.0. The standard InChI is InChI=1S/C23H31NO12.Y/c1-8(22(32)24-13-14(27)16(29)21-20(15(13)28)33-7-34-21)5-10-3-4-12(11(26)6-10)35-23-18(31)17(30)19(36-23)9(2)25;/h3-6,9,13-21,23,25-31H,7H2,1-2H3,(H,24,32);/b8-5+;. The summed E-state index contributed by atoms with van der Waals surface area (Å²) in [5.74, 6) is -1.04. The molecule has 1 amide bonds. The fraction of sp³-hybridized carbons (Fsp3) is 0.609. The average Bonchev–Trinajstić information content (AvgIpc) is 3.43. The molecule has 0 aromatic heterocycles. The van der Waals surface area contributed by atoms with E-state index in [4.69, 9.17) is 18.9 Å². The first kappa shape index (κ1) is 30.3. The van der Waals surface area contributed by atoms with Crippen LogP contribution in [-0.2, 0) is 51.7 Å². The first-order valence-electron chi connectivity index (χ1n) is 11.5. The summed E-state index contributed by atoms with van der Waals surface area (Å²) in [6, 6.07) is 2.96. The van der Waals surface area contributed by atoms with Crippen molar-refractivity contribution >= 4 is 12.0 Å². The van der Waals surface area contributed by atoms with E-state index in [2.05, 4.69) is 5.32 Å². The molecule has 1 aromatic carbocycles. The third kappa shape index (κ3) is 6.18. The first-order valence-corrected chi connectivity index (χ1v) is 11.5. The molecule has 11 atom stereocenters. The third-order valence-corrected chi connectivity index (χ3v) is 6.60. The Kier molecular flexibility index (Phi) is 10.1. The molecule has 1 radical (unpaired) electrons. The van der Waals surface area contributed by atoms with E-state index in [0.717, 1.165) is 0 Å². The van der Waals surface area contributed by atoms with Crippen LogP contribution in [0.3, 0.4) is 0 Å². The van der Waals surface area contributed by atoms with Crippen molar-refractivity contribution < 1.29 is 92.2 Å². The number of ether oxygens (including phenoxy) is 4. The minimum atomic E-state index is -1.49. The molecular formula is C23H31NO12Y. The number of hydrogen-bond donors (Lipinski definition) is 8. The van der Waals surface area contributed by atoms with Crippen LogP contribution in [0.1, 0.15) is 19.4 Å². The molecule has 2 saturated heterocycles. The van der Waals surface area contributed by atoms with Crippen LogP contribution in [0.15, 0.2) is 23.8 Å². The number of carbonyl (C=O) groups excluding carboxylic acids is 1. The number of amides is 1. The molecule has 1 aliphatic carbocycles. The number of benzene rings is 1. The maximum Gasteiger partial charge on any atom is 0.247 e. The zero-order valence-electron chi connectivity index (χ0n) is 20.1. The van der Waals surface area contributed by atoms with E-state index in [9.17, 15) is 40.5 Å². The van der Waals surface area contributed by atoms with E-state index in [-0.39, 0.29) is 56.6 Å². The predicted octanol–water partition coefficient (Wildman–Crippen LogP) is -2.68. The smallest absolute Gasteiger partial charge is 0.247 e. The number of phenols is 1. The second-order valence-corrected chi connectivity index (χ2v) is 9.21. The molecule has 37 heavy (non-hydrogen) atoms. The van der Waals surface area contributed by atoms with Crippen LogP contribution in [0.4, 0.5) is 0 Å². The monoisotopic (exact) mass is 602 g/mol. The van der Waals surface area contributed by atoms with Crippen molar-refractivity contribution in [3.05, 3.63) is 29.3 Å². The van der Waals surface area contributed by atoms with Gasteiger partial charge in [-0.25, -0.2) is 0 Å². The van der Waals surface area contributed by atoms with E-state index in [0.29, 0.717) is 5.56 Å². The van der Waals surface area contributed by atoms with E-state index in [1.807, 2.05) is 0 Å². The summed E-state index contributed by atoms with van der Waals surface area (Å²) in [5.41, 5.74) is 0.569. The van der Waals surface area contributed by atoms with Crippen molar-refractivity contribution in [1.82, 2.24) is 5.32 Å². The molecular weight excluding hydrogens is 571 g/mol. The van der Waals surface area contributed by atoms with Crippen LogP contribution in [0.2, 0.25) is 0 Å². The molecule has 3 fully saturated rings. The van der Waals surface area contributed by atoms with Gasteiger partial charge in [-0.05, 0) is 37.6 Å². The van der Waals surface area contributed by atoms with Gasteiger partial charge in [0, 0.05) is 38.3 Å². The minimum Gasteiger partial charge on any atom is -0.504 e. The van der Waals surface area contributed by atoms with E-state index >= 15 is 0 Å². The van der Waals surface area contributed by atoms with Crippen LogP contribution in [0, 0.1) is 0 Å². The molecule has 0 spiro atoms. The number of rotatable bonds is 6. The number of aliphatic hydroxyl groups is 6. The van der Waals surface area contributed by atoms with Gasteiger partial charge in [-0.1, -0.05) is 6.07 Å². The van der Waals surface area contributed by atoms with Gasteiger partial charge < -0.3 is 60.0 Å². The molecule has 1 saturated carbocycles. The second kappa shape index (κ2) is 12.3. The summed E-state index contributed by atoms with van der Waals surface area (Å²) < 4.78 is 21.2. The summed E-state index contributed by atoms with van der Waals surface area (Å²) in [4.78, 5) is 12.7. The molecule has 0 bridgehead atoms. The Bertz CT molecular complexity index is 992. The van der Waals surface area contributed by atoms with Crippen molar-refractivity contribution in [2.45, 2.75) is 81.1 Å². The summed E-state index contributed by atoms with van der Waals surface area (Å²) >= 11 is 0. The van der Waals surface area contributed by atoms with E-state index in [1.165, 1.54) is 38.1 Å². The fourth-order valence-corrected chi connectivity index (χ4v) is 4.55. The van der Waals surface area contributed by atoms with Crippen molar-refractivity contribution in [2.24, 2.45) is 0 Å². The Morgan fingerprint density at radius 1 is 1.05 bits per heavy atom. The van der Waals surface area contributed by atoms with Crippen molar-refractivity contribution in [1.29, 1.82) is 0 Å². The second-order valence-electron chi connectivity index (χ2n) is 9.21. The molecule has 1 aromatic rings. The number of aliphatic hydroxyl groups excluding tert-OH is 6. The van der Waals surface area contributed by atoms with Gasteiger partial charge in [0.05, 0.1) is 12.1 Å². The van der Waals surface area contributed by atoms with Gasteiger partial charge >= 0.3 is 0 Å². The number of fused-ring (bicyclic) bond motifs is 1. The van der Waals surface area contributed by atoms with Gasteiger partial charge in [0.2, 0.25) is 12.2 Å². The SMILES string of the molecule is C/C(=C\c1ccc(OC2OC(C(C)O)C(O)C2O)c(O)c1)C(=O)NC1C(O)C(O)C2OCOC2C1O.[Y]. The largest absolute Gasteiger partial charge is 0.504 e. The maximum absolute atomic E-state index is 12.7. The zero-order valence-corrected chi connectivity index (χ0v) is 23.0. The Morgan fingerprint density at radius 3 is 2.30 bits per heavy atom. The van der Waals surface area contributed by atoms with Crippen LogP contribution in [0.5, 0.6) is 11.5 Å². The molecule has 8 N–H and O–H groups in total. The number of phenolic OH excluding ortho intramolecular Hbond substituents is 1. The fourth-order valence-electron chi connectivity index (χ4n) is 4.55. The van der Waals surface area contributed by atoms with Crippen LogP contribution in [-0.4, -0.2) is 116 Å². The Balaban J connectivity index is 0.00000380.